The molecule has 0 unspecified atom stereocenters. The molecule has 0 saturated carbocycles. The highest BCUT2D eigenvalue weighted by molar-refractivity contribution is 9.10. The highest BCUT2D eigenvalue weighted by Gasteiger charge is 2.21. The van der Waals surface area contributed by atoms with Gasteiger partial charge in [-0.05, 0) is 28.1 Å². The summed E-state index contributed by atoms with van der Waals surface area (Å²) in [5, 5.41) is 10.8. The normalized spacial score (nSPS) is 16.1. The number of ether oxygens (including phenoxy) is 2. The van der Waals surface area contributed by atoms with Crippen molar-refractivity contribution in [2.45, 2.75) is 18.9 Å². The standard InChI is InChI=1S/C12H12BrNO5/c13-10-2-1-8(7-11(10)14(16)17)12(15)19-9-3-5-18-6-4-9/h1-2,7,9H,3-6H2. The molecule has 1 heterocycles. The zero-order valence-corrected chi connectivity index (χ0v) is 11.6. The third-order valence-corrected chi connectivity index (χ3v) is 3.49. The molecule has 1 fully saturated rings. The van der Waals surface area contributed by atoms with Crippen LogP contribution in [0.15, 0.2) is 22.7 Å². The molecule has 0 aliphatic carbocycles. The Hall–Kier alpha value is -1.47. The first-order valence-corrected chi connectivity index (χ1v) is 6.60. The van der Waals surface area contributed by atoms with Gasteiger partial charge in [-0.1, -0.05) is 0 Å². The molecule has 0 N–H and O–H groups in total. The van der Waals surface area contributed by atoms with Crippen LogP contribution in [0.5, 0.6) is 0 Å². The van der Waals surface area contributed by atoms with Crippen molar-refractivity contribution >= 4 is 27.6 Å². The fraction of sp³-hybridized carbons (Fsp3) is 0.417. The van der Waals surface area contributed by atoms with Gasteiger partial charge in [-0.3, -0.25) is 10.1 Å². The average molecular weight is 330 g/mol. The molecule has 102 valence electrons. The van der Waals surface area contributed by atoms with Crippen LogP contribution in [0.2, 0.25) is 0 Å². The number of nitrogens with zero attached hydrogens (tertiary/aromatic N) is 1. The van der Waals surface area contributed by atoms with Gasteiger partial charge in [0.2, 0.25) is 0 Å². The first-order valence-electron chi connectivity index (χ1n) is 5.80. The van der Waals surface area contributed by atoms with Gasteiger partial charge >= 0.3 is 5.97 Å². The Balaban J connectivity index is 2.10. The van der Waals surface area contributed by atoms with E-state index in [-0.39, 0.29) is 17.4 Å². The first-order chi connectivity index (χ1) is 9.08. The van der Waals surface area contributed by atoms with Crippen molar-refractivity contribution in [3.8, 4) is 0 Å². The summed E-state index contributed by atoms with van der Waals surface area (Å²) in [5.74, 6) is -0.539. The van der Waals surface area contributed by atoms with Crippen molar-refractivity contribution in [3.63, 3.8) is 0 Å². The number of nitro benzene ring substituents is 1. The Bertz CT molecular complexity index is 499. The molecule has 0 aromatic heterocycles. The van der Waals surface area contributed by atoms with E-state index in [0.29, 0.717) is 30.5 Å². The summed E-state index contributed by atoms with van der Waals surface area (Å²) < 4.78 is 10.8. The molecule has 1 aliphatic heterocycles. The molecule has 2 rings (SSSR count). The lowest BCUT2D eigenvalue weighted by molar-refractivity contribution is -0.385. The number of halogens is 1. The Morgan fingerprint density at radius 1 is 1.42 bits per heavy atom. The lowest BCUT2D eigenvalue weighted by atomic mass is 10.1. The summed E-state index contributed by atoms with van der Waals surface area (Å²) in [6.07, 6.45) is 1.14. The van der Waals surface area contributed by atoms with Crippen LogP contribution in [-0.2, 0) is 9.47 Å². The second-order valence-electron chi connectivity index (χ2n) is 4.14. The van der Waals surface area contributed by atoms with E-state index < -0.39 is 10.9 Å². The fourth-order valence-electron chi connectivity index (χ4n) is 1.79. The Kier molecular flexibility index (Phi) is 4.49. The number of esters is 1. The Labute approximate surface area is 118 Å². The van der Waals surface area contributed by atoms with Crippen LogP contribution in [0.4, 0.5) is 5.69 Å². The smallest absolute Gasteiger partial charge is 0.338 e. The molecule has 1 aromatic carbocycles. The van der Waals surface area contributed by atoms with Crippen LogP contribution in [0, 0.1) is 10.1 Å². The van der Waals surface area contributed by atoms with Crippen LogP contribution in [0.3, 0.4) is 0 Å². The molecule has 7 heteroatoms. The topological polar surface area (TPSA) is 78.7 Å². The Morgan fingerprint density at radius 2 is 2.11 bits per heavy atom. The molecule has 0 spiro atoms. The van der Waals surface area contributed by atoms with E-state index in [9.17, 15) is 14.9 Å². The molecule has 6 nitrogen and oxygen atoms in total. The third-order valence-electron chi connectivity index (χ3n) is 2.82. The van der Waals surface area contributed by atoms with Crippen molar-refractivity contribution in [1.29, 1.82) is 0 Å². The molecule has 1 aliphatic rings. The summed E-state index contributed by atoms with van der Waals surface area (Å²) in [5.41, 5.74) is 0.0304. The van der Waals surface area contributed by atoms with E-state index in [1.165, 1.54) is 18.2 Å². The van der Waals surface area contributed by atoms with Gasteiger partial charge in [-0.25, -0.2) is 4.79 Å². The average Bonchev–Trinajstić information content (AvgIpc) is 2.40. The van der Waals surface area contributed by atoms with Gasteiger partial charge in [0.1, 0.15) is 6.10 Å². The monoisotopic (exact) mass is 329 g/mol. The molecule has 0 amide bonds. The molecule has 0 atom stereocenters. The van der Waals surface area contributed by atoms with Gasteiger partial charge in [0, 0.05) is 18.9 Å². The lowest BCUT2D eigenvalue weighted by Gasteiger charge is -2.22. The minimum atomic E-state index is -0.546. The molecule has 0 radical (unpaired) electrons. The maximum atomic E-state index is 11.9. The van der Waals surface area contributed by atoms with Crippen molar-refractivity contribution in [1.82, 2.24) is 0 Å². The van der Waals surface area contributed by atoms with E-state index in [1.54, 1.807) is 0 Å². The summed E-state index contributed by atoms with van der Waals surface area (Å²) in [7, 11) is 0. The maximum absolute atomic E-state index is 11.9. The zero-order chi connectivity index (χ0) is 13.8. The van der Waals surface area contributed by atoms with Gasteiger partial charge < -0.3 is 9.47 Å². The van der Waals surface area contributed by atoms with Gasteiger partial charge in [0.05, 0.1) is 28.2 Å². The van der Waals surface area contributed by atoms with Crippen molar-refractivity contribution in [2.24, 2.45) is 0 Å². The van der Waals surface area contributed by atoms with Gasteiger partial charge in [-0.15, -0.1) is 0 Å². The number of carbonyl (C=O) groups excluding carboxylic acids is 1. The van der Waals surface area contributed by atoms with Gasteiger partial charge in [0.25, 0.3) is 5.69 Å². The van der Waals surface area contributed by atoms with Gasteiger partial charge in [-0.2, -0.15) is 0 Å². The van der Waals surface area contributed by atoms with Crippen LogP contribution in [0.25, 0.3) is 0 Å². The molecule has 1 aromatic rings. The van der Waals surface area contributed by atoms with E-state index in [4.69, 9.17) is 9.47 Å². The van der Waals surface area contributed by atoms with Crippen LogP contribution >= 0.6 is 15.9 Å². The molecular formula is C12H12BrNO5. The zero-order valence-electron chi connectivity index (χ0n) is 10.0. The highest BCUT2D eigenvalue weighted by atomic mass is 79.9. The molecular weight excluding hydrogens is 318 g/mol. The largest absolute Gasteiger partial charge is 0.459 e. The number of nitro groups is 1. The summed E-state index contributed by atoms with van der Waals surface area (Å²) in [6, 6.07) is 4.18. The van der Waals surface area contributed by atoms with E-state index >= 15 is 0 Å². The quantitative estimate of drug-likeness (QED) is 0.484. The van der Waals surface area contributed by atoms with E-state index in [2.05, 4.69) is 15.9 Å². The lowest BCUT2D eigenvalue weighted by Crippen LogP contribution is -2.26. The Morgan fingerprint density at radius 3 is 2.74 bits per heavy atom. The predicted molar refractivity (Wildman–Crippen MR) is 70.1 cm³/mol. The summed E-state index contributed by atoms with van der Waals surface area (Å²) in [6.45, 7) is 1.14. The fourth-order valence-corrected chi connectivity index (χ4v) is 2.18. The van der Waals surface area contributed by atoms with Crippen LogP contribution in [-0.4, -0.2) is 30.2 Å². The number of hydrogen-bond donors (Lipinski definition) is 0. The van der Waals surface area contributed by atoms with Crippen LogP contribution < -0.4 is 0 Å². The summed E-state index contributed by atoms with van der Waals surface area (Å²) in [4.78, 5) is 22.1. The van der Waals surface area contributed by atoms with Crippen molar-refractivity contribution in [3.05, 3.63) is 38.3 Å². The molecule has 19 heavy (non-hydrogen) atoms. The van der Waals surface area contributed by atoms with Gasteiger partial charge in [0.15, 0.2) is 0 Å². The maximum Gasteiger partial charge on any atom is 0.338 e. The molecule has 1 saturated heterocycles. The second kappa shape index (κ2) is 6.12. The summed E-state index contributed by atoms with van der Waals surface area (Å²) >= 11 is 3.07. The highest BCUT2D eigenvalue weighted by Crippen LogP contribution is 2.26. The number of benzene rings is 1. The number of carbonyl (C=O) groups is 1. The SMILES string of the molecule is O=C(OC1CCOCC1)c1ccc(Br)c([N+](=O)[O-])c1. The van der Waals surface area contributed by atoms with E-state index in [1.807, 2.05) is 0 Å². The third kappa shape index (κ3) is 3.51. The second-order valence-corrected chi connectivity index (χ2v) is 4.99. The minimum Gasteiger partial charge on any atom is -0.459 e. The van der Waals surface area contributed by atoms with E-state index in [0.717, 1.165) is 0 Å². The van der Waals surface area contributed by atoms with Crippen molar-refractivity contribution < 1.29 is 19.2 Å². The first kappa shape index (κ1) is 14.0. The number of rotatable bonds is 3. The molecule has 0 bridgehead atoms. The van der Waals surface area contributed by atoms with Crippen molar-refractivity contribution in [2.75, 3.05) is 13.2 Å². The number of hydrogen-bond acceptors (Lipinski definition) is 5. The minimum absolute atomic E-state index is 0.151. The van der Waals surface area contributed by atoms with Crippen LogP contribution in [0.1, 0.15) is 23.2 Å². The predicted octanol–water partition coefficient (Wildman–Crippen LogP) is 2.69.